The first-order valence-electron chi connectivity index (χ1n) is 5.38. The van der Waals surface area contributed by atoms with Crippen molar-refractivity contribution in [2.24, 2.45) is 5.92 Å². The van der Waals surface area contributed by atoms with E-state index in [1.807, 2.05) is 0 Å². The summed E-state index contributed by atoms with van der Waals surface area (Å²) in [6, 6.07) is 2.85. The van der Waals surface area contributed by atoms with E-state index >= 15 is 0 Å². The largest absolute Gasteiger partial charge is 0.475 e. The molecule has 4 nitrogen and oxygen atoms in total. The van der Waals surface area contributed by atoms with Gasteiger partial charge in [0.05, 0.1) is 10.8 Å². The van der Waals surface area contributed by atoms with Gasteiger partial charge in [-0.3, -0.25) is 4.21 Å². The lowest BCUT2D eigenvalue weighted by atomic mass is 10.1. The average Bonchev–Trinajstić information content (AvgIpc) is 2.86. The SMILES string of the molecule is O=C(O)c1ccc(S(=O)CC2CCCC2)o1. The number of carbonyl (C=O) groups is 1. The van der Waals surface area contributed by atoms with Gasteiger partial charge in [-0.2, -0.15) is 0 Å². The molecule has 0 spiro atoms. The summed E-state index contributed by atoms with van der Waals surface area (Å²) in [5.74, 6) is -0.176. The molecular weight excluding hydrogens is 228 g/mol. The summed E-state index contributed by atoms with van der Waals surface area (Å²) in [6.45, 7) is 0. The third-order valence-electron chi connectivity index (χ3n) is 2.88. The van der Waals surface area contributed by atoms with Crippen molar-refractivity contribution in [3.8, 4) is 0 Å². The highest BCUT2D eigenvalue weighted by atomic mass is 32.2. The van der Waals surface area contributed by atoms with E-state index in [-0.39, 0.29) is 10.9 Å². The minimum Gasteiger partial charge on any atom is -0.475 e. The van der Waals surface area contributed by atoms with Crippen LogP contribution in [0.5, 0.6) is 0 Å². The Kier molecular flexibility index (Phi) is 3.43. The Morgan fingerprint density at radius 1 is 1.44 bits per heavy atom. The number of aromatic carboxylic acids is 1. The summed E-state index contributed by atoms with van der Waals surface area (Å²) in [6.07, 6.45) is 4.66. The normalized spacial score (nSPS) is 18.8. The zero-order valence-corrected chi connectivity index (χ0v) is 9.66. The Labute approximate surface area is 96.1 Å². The molecule has 1 N–H and O–H groups in total. The van der Waals surface area contributed by atoms with Crippen LogP contribution in [0.1, 0.15) is 36.2 Å². The molecule has 1 heterocycles. The molecule has 1 aliphatic carbocycles. The van der Waals surface area contributed by atoms with Gasteiger partial charge in [-0.15, -0.1) is 0 Å². The summed E-state index contributed by atoms with van der Waals surface area (Å²) >= 11 is 0. The van der Waals surface area contributed by atoms with Crippen molar-refractivity contribution in [3.63, 3.8) is 0 Å². The standard InChI is InChI=1S/C11H14O4S/c12-11(13)9-5-6-10(15-9)16(14)7-8-3-1-2-4-8/h5-6,8H,1-4,7H2,(H,12,13). The molecule has 0 bridgehead atoms. The number of rotatable bonds is 4. The van der Waals surface area contributed by atoms with E-state index in [0.717, 1.165) is 12.8 Å². The van der Waals surface area contributed by atoms with Gasteiger partial charge in [0.15, 0.2) is 5.09 Å². The van der Waals surface area contributed by atoms with E-state index in [1.165, 1.54) is 25.0 Å². The minimum atomic E-state index is -1.20. The van der Waals surface area contributed by atoms with Crippen LogP contribution in [0.3, 0.4) is 0 Å². The van der Waals surface area contributed by atoms with Crippen LogP contribution in [-0.2, 0) is 10.8 Å². The first-order valence-corrected chi connectivity index (χ1v) is 6.70. The maximum absolute atomic E-state index is 11.9. The fourth-order valence-corrected chi connectivity index (χ4v) is 3.36. The molecule has 1 fully saturated rings. The van der Waals surface area contributed by atoms with Gasteiger partial charge in [-0.05, 0) is 30.9 Å². The van der Waals surface area contributed by atoms with Crippen molar-refractivity contribution in [2.45, 2.75) is 30.8 Å². The van der Waals surface area contributed by atoms with Crippen LogP contribution in [-0.4, -0.2) is 21.0 Å². The van der Waals surface area contributed by atoms with Gasteiger partial charge in [-0.25, -0.2) is 4.79 Å². The van der Waals surface area contributed by atoms with Gasteiger partial charge in [-0.1, -0.05) is 12.8 Å². The minimum absolute atomic E-state index is 0.144. The highest BCUT2D eigenvalue weighted by molar-refractivity contribution is 7.84. The average molecular weight is 242 g/mol. The van der Waals surface area contributed by atoms with Gasteiger partial charge in [0.2, 0.25) is 5.76 Å². The second-order valence-corrected chi connectivity index (χ2v) is 5.51. The number of hydrogen-bond acceptors (Lipinski definition) is 3. The van der Waals surface area contributed by atoms with Crippen molar-refractivity contribution in [1.29, 1.82) is 0 Å². The van der Waals surface area contributed by atoms with E-state index in [4.69, 9.17) is 9.52 Å². The van der Waals surface area contributed by atoms with Crippen molar-refractivity contribution in [1.82, 2.24) is 0 Å². The molecule has 5 heteroatoms. The lowest BCUT2D eigenvalue weighted by Gasteiger charge is -2.05. The van der Waals surface area contributed by atoms with Gasteiger partial charge in [0.1, 0.15) is 0 Å². The summed E-state index contributed by atoms with van der Waals surface area (Å²) < 4.78 is 16.9. The second-order valence-electron chi connectivity index (χ2n) is 4.09. The molecule has 1 unspecified atom stereocenters. The molecular formula is C11H14O4S. The second kappa shape index (κ2) is 4.82. The maximum atomic E-state index is 11.9. The number of carboxylic acids is 1. The van der Waals surface area contributed by atoms with Gasteiger partial charge >= 0.3 is 5.97 Å². The molecule has 16 heavy (non-hydrogen) atoms. The quantitative estimate of drug-likeness (QED) is 0.879. The van der Waals surface area contributed by atoms with Gasteiger partial charge in [0.25, 0.3) is 0 Å². The Bertz CT molecular complexity index is 404. The molecule has 0 radical (unpaired) electrons. The summed E-state index contributed by atoms with van der Waals surface area (Å²) in [7, 11) is -1.20. The van der Waals surface area contributed by atoms with Crippen LogP contribution >= 0.6 is 0 Å². The summed E-state index contributed by atoms with van der Waals surface area (Å²) in [4.78, 5) is 10.6. The lowest BCUT2D eigenvalue weighted by molar-refractivity contribution is 0.0656. The fraction of sp³-hybridized carbons (Fsp3) is 0.545. The smallest absolute Gasteiger partial charge is 0.371 e. The monoisotopic (exact) mass is 242 g/mol. The first kappa shape index (κ1) is 11.4. The zero-order chi connectivity index (χ0) is 11.5. The number of hydrogen-bond donors (Lipinski definition) is 1. The van der Waals surface area contributed by atoms with Crippen LogP contribution in [0.15, 0.2) is 21.6 Å². The molecule has 1 aromatic rings. The van der Waals surface area contributed by atoms with Crippen LogP contribution in [0.4, 0.5) is 0 Å². The number of furan rings is 1. The molecule has 1 aliphatic rings. The third kappa shape index (κ3) is 2.52. The maximum Gasteiger partial charge on any atom is 0.371 e. The van der Waals surface area contributed by atoms with Gasteiger partial charge < -0.3 is 9.52 Å². The van der Waals surface area contributed by atoms with Crippen molar-refractivity contribution in [3.05, 3.63) is 17.9 Å². The van der Waals surface area contributed by atoms with Crippen molar-refractivity contribution < 1.29 is 18.5 Å². The molecule has 88 valence electrons. The molecule has 0 aromatic carbocycles. The molecule has 2 rings (SSSR count). The molecule has 1 atom stereocenters. The van der Waals surface area contributed by atoms with Crippen molar-refractivity contribution in [2.75, 3.05) is 5.75 Å². The predicted molar refractivity (Wildman–Crippen MR) is 58.9 cm³/mol. The van der Waals surface area contributed by atoms with Crippen LogP contribution in [0, 0.1) is 5.92 Å². The third-order valence-corrected chi connectivity index (χ3v) is 4.32. The van der Waals surface area contributed by atoms with E-state index < -0.39 is 16.8 Å². The highest BCUT2D eigenvalue weighted by Crippen LogP contribution is 2.27. The first-order chi connectivity index (χ1) is 7.66. The molecule has 1 saturated carbocycles. The Hall–Kier alpha value is -1.10. The Morgan fingerprint density at radius 2 is 2.12 bits per heavy atom. The van der Waals surface area contributed by atoms with Crippen LogP contribution in [0.25, 0.3) is 0 Å². The zero-order valence-electron chi connectivity index (χ0n) is 8.85. The predicted octanol–water partition coefficient (Wildman–Crippen LogP) is 2.28. The summed E-state index contributed by atoms with van der Waals surface area (Å²) in [5, 5.41) is 8.95. The summed E-state index contributed by atoms with van der Waals surface area (Å²) in [5.41, 5.74) is 0. The lowest BCUT2D eigenvalue weighted by Crippen LogP contribution is -2.07. The highest BCUT2D eigenvalue weighted by Gasteiger charge is 2.21. The topological polar surface area (TPSA) is 67.5 Å². The van der Waals surface area contributed by atoms with E-state index in [2.05, 4.69) is 0 Å². The fourth-order valence-electron chi connectivity index (χ4n) is 2.03. The Balaban J connectivity index is 1.99. The number of carboxylic acid groups (broad SMARTS) is 1. The van der Waals surface area contributed by atoms with E-state index in [0.29, 0.717) is 11.7 Å². The van der Waals surface area contributed by atoms with Crippen LogP contribution < -0.4 is 0 Å². The van der Waals surface area contributed by atoms with E-state index in [9.17, 15) is 9.00 Å². The van der Waals surface area contributed by atoms with Crippen molar-refractivity contribution >= 4 is 16.8 Å². The Morgan fingerprint density at radius 3 is 2.69 bits per heavy atom. The van der Waals surface area contributed by atoms with E-state index in [1.54, 1.807) is 0 Å². The molecule has 0 saturated heterocycles. The van der Waals surface area contributed by atoms with Gasteiger partial charge in [0, 0.05) is 5.75 Å². The van der Waals surface area contributed by atoms with Crippen LogP contribution in [0.2, 0.25) is 0 Å². The molecule has 0 aliphatic heterocycles. The molecule has 1 aromatic heterocycles. The molecule has 0 amide bonds.